The smallest absolute Gasteiger partial charge is 0.212 e. The molecule has 1 N–H and O–H groups in total. The van der Waals surface area contributed by atoms with Gasteiger partial charge in [0.05, 0.1) is 5.75 Å². The Labute approximate surface area is 130 Å². The Bertz CT molecular complexity index is 526. The summed E-state index contributed by atoms with van der Waals surface area (Å²) >= 11 is 3.44. The molecule has 2 rings (SSSR count). The first-order valence-corrected chi connectivity index (χ1v) is 9.82. The Hall–Kier alpha value is -0.390. The largest absolute Gasteiger partial charge is 0.215 e. The Morgan fingerprint density at radius 3 is 2.50 bits per heavy atom. The van der Waals surface area contributed by atoms with Crippen molar-refractivity contribution in [3.05, 3.63) is 35.9 Å². The molecule has 1 unspecified atom stereocenters. The summed E-state index contributed by atoms with van der Waals surface area (Å²) in [5.41, 5.74) is 1.28. The highest BCUT2D eigenvalue weighted by Gasteiger charge is 2.42. The van der Waals surface area contributed by atoms with Crippen molar-refractivity contribution in [2.45, 2.75) is 32.1 Å². The van der Waals surface area contributed by atoms with Gasteiger partial charge in [-0.1, -0.05) is 53.2 Å². The molecule has 3 nitrogen and oxygen atoms in total. The van der Waals surface area contributed by atoms with E-state index in [0.717, 1.165) is 30.2 Å². The van der Waals surface area contributed by atoms with Crippen LogP contribution in [-0.2, 0) is 10.0 Å². The second kappa shape index (κ2) is 6.58. The van der Waals surface area contributed by atoms with Gasteiger partial charge in [-0.25, -0.2) is 13.1 Å². The quantitative estimate of drug-likeness (QED) is 0.724. The van der Waals surface area contributed by atoms with E-state index in [1.807, 2.05) is 37.3 Å². The van der Waals surface area contributed by atoms with Gasteiger partial charge in [0.2, 0.25) is 10.0 Å². The second-order valence-electron chi connectivity index (χ2n) is 5.85. The molecule has 0 spiro atoms. The van der Waals surface area contributed by atoms with Crippen LogP contribution in [0.3, 0.4) is 0 Å². The van der Waals surface area contributed by atoms with Crippen LogP contribution in [0.1, 0.15) is 37.7 Å². The van der Waals surface area contributed by atoms with Gasteiger partial charge in [0.1, 0.15) is 0 Å². The third kappa shape index (κ3) is 4.57. The van der Waals surface area contributed by atoms with Gasteiger partial charge in [-0.05, 0) is 36.2 Å². The first-order valence-electron chi connectivity index (χ1n) is 7.05. The molecule has 0 aliphatic heterocycles. The third-order valence-corrected chi connectivity index (χ3v) is 6.01. The zero-order chi connectivity index (χ0) is 14.6. The number of alkyl halides is 1. The van der Waals surface area contributed by atoms with Crippen LogP contribution in [0.5, 0.6) is 0 Å². The molecule has 0 heterocycles. The second-order valence-corrected chi connectivity index (χ2v) is 8.50. The molecular formula is C15H22BrNO2S. The summed E-state index contributed by atoms with van der Waals surface area (Å²) in [6.45, 7) is 2.54. The fourth-order valence-electron chi connectivity index (χ4n) is 2.42. The average molecular weight is 360 g/mol. The van der Waals surface area contributed by atoms with Gasteiger partial charge < -0.3 is 0 Å². The Morgan fingerprint density at radius 2 is 1.95 bits per heavy atom. The Morgan fingerprint density at radius 1 is 1.30 bits per heavy atom. The van der Waals surface area contributed by atoms with E-state index in [2.05, 4.69) is 20.7 Å². The molecule has 0 bridgehead atoms. The summed E-state index contributed by atoms with van der Waals surface area (Å²) in [7, 11) is -3.21. The lowest BCUT2D eigenvalue weighted by atomic mass is 10.0. The van der Waals surface area contributed by atoms with Crippen molar-refractivity contribution in [3.8, 4) is 0 Å². The standard InChI is InChI=1S/C15H22BrNO2S/c1-13(14-5-3-2-4-6-14)11-20(18,19)17-12-15(7-8-15)9-10-16/h2-6,13,17H,7-12H2,1H3. The zero-order valence-corrected chi connectivity index (χ0v) is 14.2. The van der Waals surface area contributed by atoms with E-state index >= 15 is 0 Å². The molecule has 1 aromatic rings. The van der Waals surface area contributed by atoms with E-state index in [4.69, 9.17) is 0 Å². The maximum atomic E-state index is 12.2. The van der Waals surface area contributed by atoms with Crippen LogP contribution in [0.25, 0.3) is 0 Å². The minimum absolute atomic E-state index is 0.0139. The highest BCUT2D eigenvalue weighted by atomic mass is 79.9. The average Bonchev–Trinajstić information content (AvgIpc) is 3.18. The van der Waals surface area contributed by atoms with Crippen molar-refractivity contribution in [2.75, 3.05) is 17.6 Å². The number of hydrogen-bond donors (Lipinski definition) is 1. The highest BCUT2D eigenvalue weighted by Crippen LogP contribution is 2.48. The molecule has 1 aromatic carbocycles. The van der Waals surface area contributed by atoms with Crippen LogP contribution in [-0.4, -0.2) is 26.0 Å². The molecular weight excluding hydrogens is 338 g/mol. The molecule has 0 radical (unpaired) electrons. The van der Waals surface area contributed by atoms with Crippen molar-refractivity contribution >= 4 is 26.0 Å². The van der Waals surface area contributed by atoms with Crippen LogP contribution in [0, 0.1) is 5.41 Å². The van der Waals surface area contributed by atoms with Gasteiger partial charge in [-0.2, -0.15) is 0 Å². The molecule has 1 atom stereocenters. The van der Waals surface area contributed by atoms with E-state index in [1.165, 1.54) is 0 Å². The molecule has 20 heavy (non-hydrogen) atoms. The van der Waals surface area contributed by atoms with E-state index < -0.39 is 10.0 Å². The summed E-state index contributed by atoms with van der Waals surface area (Å²) in [6, 6.07) is 9.79. The monoisotopic (exact) mass is 359 g/mol. The van der Waals surface area contributed by atoms with Crippen LogP contribution in [0.2, 0.25) is 0 Å². The minimum atomic E-state index is -3.21. The van der Waals surface area contributed by atoms with Gasteiger partial charge in [0.15, 0.2) is 0 Å². The Kier molecular flexibility index (Phi) is 5.26. The van der Waals surface area contributed by atoms with Crippen LogP contribution >= 0.6 is 15.9 Å². The normalized spacial score (nSPS) is 18.7. The molecule has 5 heteroatoms. The molecule has 0 aromatic heterocycles. The summed E-state index contributed by atoms with van der Waals surface area (Å²) in [6.07, 6.45) is 3.31. The number of sulfonamides is 1. The lowest BCUT2D eigenvalue weighted by Crippen LogP contribution is -2.33. The van der Waals surface area contributed by atoms with Crippen molar-refractivity contribution in [2.24, 2.45) is 5.41 Å². The fourth-order valence-corrected chi connectivity index (χ4v) is 4.76. The Balaban J connectivity index is 1.88. The van der Waals surface area contributed by atoms with E-state index in [1.54, 1.807) is 0 Å². The van der Waals surface area contributed by atoms with Gasteiger partial charge >= 0.3 is 0 Å². The molecule has 1 aliphatic carbocycles. The molecule has 1 aliphatic rings. The van der Waals surface area contributed by atoms with Crippen LogP contribution < -0.4 is 4.72 Å². The summed E-state index contributed by atoms with van der Waals surface area (Å²) in [5, 5.41) is 0.940. The SMILES string of the molecule is CC(CS(=O)(=O)NCC1(CCBr)CC1)c1ccccc1. The lowest BCUT2D eigenvalue weighted by Gasteiger charge is -2.17. The number of hydrogen-bond acceptors (Lipinski definition) is 2. The molecule has 1 saturated carbocycles. The maximum Gasteiger partial charge on any atom is 0.212 e. The fraction of sp³-hybridized carbons (Fsp3) is 0.600. The van der Waals surface area contributed by atoms with Crippen LogP contribution in [0.15, 0.2) is 30.3 Å². The number of rotatable bonds is 8. The van der Waals surface area contributed by atoms with Gasteiger partial charge in [-0.3, -0.25) is 0 Å². The topological polar surface area (TPSA) is 46.2 Å². The summed E-state index contributed by atoms with van der Waals surface area (Å²) in [5.74, 6) is 0.168. The zero-order valence-electron chi connectivity index (χ0n) is 11.8. The van der Waals surface area contributed by atoms with Crippen molar-refractivity contribution < 1.29 is 8.42 Å². The predicted octanol–water partition coefficient (Wildman–Crippen LogP) is 3.27. The molecule has 112 valence electrons. The van der Waals surface area contributed by atoms with Gasteiger partial charge in [0.25, 0.3) is 0 Å². The predicted molar refractivity (Wildman–Crippen MR) is 86.7 cm³/mol. The number of nitrogens with one attached hydrogen (secondary N) is 1. The number of halogens is 1. The first kappa shape index (κ1) is 16.0. The van der Waals surface area contributed by atoms with Crippen molar-refractivity contribution in [1.82, 2.24) is 4.72 Å². The van der Waals surface area contributed by atoms with Crippen LogP contribution in [0.4, 0.5) is 0 Å². The maximum absolute atomic E-state index is 12.2. The highest BCUT2D eigenvalue weighted by molar-refractivity contribution is 9.09. The number of benzene rings is 1. The molecule has 0 amide bonds. The third-order valence-electron chi connectivity index (χ3n) is 4.09. The van der Waals surface area contributed by atoms with Gasteiger partial charge in [-0.15, -0.1) is 0 Å². The van der Waals surface area contributed by atoms with E-state index in [9.17, 15) is 8.42 Å². The molecule has 1 fully saturated rings. The minimum Gasteiger partial charge on any atom is -0.215 e. The van der Waals surface area contributed by atoms with E-state index in [0.29, 0.717) is 6.54 Å². The lowest BCUT2D eigenvalue weighted by molar-refractivity contribution is 0.479. The van der Waals surface area contributed by atoms with Crippen molar-refractivity contribution in [1.29, 1.82) is 0 Å². The van der Waals surface area contributed by atoms with Gasteiger partial charge in [0, 0.05) is 11.9 Å². The molecule has 0 saturated heterocycles. The van der Waals surface area contributed by atoms with Crippen molar-refractivity contribution in [3.63, 3.8) is 0 Å². The summed E-state index contributed by atoms with van der Waals surface area (Å²) < 4.78 is 27.1. The first-order chi connectivity index (χ1) is 9.46. The summed E-state index contributed by atoms with van der Waals surface area (Å²) in [4.78, 5) is 0. The van der Waals surface area contributed by atoms with E-state index in [-0.39, 0.29) is 17.1 Å².